The molecule has 0 unspecified atom stereocenters. The van der Waals surface area contributed by atoms with Crippen LogP contribution in [0.25, 0.3) is 0 Å². The number of hydrogen-bond donors (Lipinski definition) is 0. The summed E-state index contributed by atoms with van der Waals surface area (Å²) in [4.78, 5) is 1.50. The van der Waals surface area contributed by atoms with Crippen molar-refractivity contribution in [3.8, 4) is 4.97 Å². The molecule has 3 heteroatoms. The van der Waals surface area contributed by atoms with Crippen LogP contribution in [0.1, 0.15) is 0 Å². The minimum absolute atomic E-state index is 0. The second-order valence-corrected chi connectivity index (χ2v) is 0.326. The van der Waals surface area contributed by atoms with Crippen molar-refractivity contribution in [2.75, 3.05) is 0 Å². The summed E-state index contributed by atoms with van der Waals surface area (Å²) in [6.07, 6.45) is 0. The predicted octanol–water partition coefficient (Wildman–Crippen LogP) is -0.902. The van der Waals surface area contributed by atoms with Crippen molar-refractivity contribution < 1.29 is 16.0 Å². The van der Waals surface area contributed by atoms with Crippen LogP contribution in [0.2, 0.25) is 0 Å². The van der Waals surface area contributed by atoms with Crippen LogP contribution in [0.5, 0.6) is 0 Å². The average Bonchev–Trinajstić information content (AvgIpc) is 0.918. The van der Waals surface area contributed by atoms with E-state index >= 15 is 0 Å². The van der Waals surface area contributed by atoms with Gasteiger partial charge in [0.1, 0.15) is 0 Å². The molecular formula is CH2BaFeN. The van der Waals surface area contributed by atoms with Crippen molar-refractivity contribution in [1.82, 2.24) is 0 Å². The summed E-state index contributed by atoms with van der Waals surface area (Å²) >= 11 is 2.79. The first-order chi connectivity index (χ1) is 1.41. The van der Waals surface area contributed by atoms with Crippen LogP contribution in [0.4, 0.5) is 0 Å². The molecule has 0 atom stereocenters. The Labute approximate surface area is 73.6 Å². The summed E-state index contributed by atoms with van der Waals surface area (Å²) in [6, 6.07) is 0. The minimum atomic E-state index is 0. The molecular weight excluding hydrogens is 219 g/mol. The van der Waals surface area contributed by atoms with Crippen LogP contribution in [0.3, 0.4) is 0 Å². The Morgan fingerprint density at radius 2 is 1.75 bits per heavy atom. The van der Waals surface area contributed by atoms with E-state index in [0.717, 1.165) is 0 Å². The van der Waals surface area contributed by atoms with E-state index in [1.807, 2.05) is 0 Å². The molecule has 0 aromatic rings. The summed E-state index contributed by atoms with van der Waals surface area (Å²) < 4.78 is 0. The third-order valence-electron chi connectivity index (χ3n) is 0. The molecule has 0 aliphatic heterocycles. The van der Waals surface area contributed by atoms with Crippen LogP contribution in [0.15, 0.2) is 0 Å². The standard InChI is InChI=1S/CN.Ba.Fe.2H/c1-2;;;;. The van der Waals surface area contributed by atoms with Crippen molar-refractivity contribution in [3.05, 3.63) is 0 Å². The molecule has 0 spiro atoms. The molecule has 0 N–H and O–H groups in total. The first-order valence-electron chi connectivity index (χ1n) is 0.400. The normalized spacial score (nSPS) is 2.00. The number of nitriles is 1. The fourth-order valence-corrected chi connectivity index (χ4v) is 0. The van der Waals surface area contributed by atoms with Crippen molar-refractivity contribution in [2.24, 2.45) is 0 Å². The molecule has 1 nitrogen and oxygen atoms in total. The second-order valence-electron chi connectivity index (χ2n) is 0.0791. The molecule has 0 bridgehead atoms. The fraction of sp³-hybridized carbons (Fsp3) is 0. The zero-order valence-corrected chi connectivity index (χ0v) is 2.40. The summed E-state index contributed by atoms with van der Waals surface area (Å²) in [5, 5.41) is 7.21. The Hall–Kier alpha value is 1.58. The van der Waals surface area contributed by atoms with Gasteiger partial charge < -0.3 is 0 Å². The van der Waals surface area contributed by atoms with E-state index in [1.54, 1.807) is 0 Å². The van der Waals surface area contributed by atoms with Crippen LogP contribution < -0.4 is 0 Å². The van der Waals surface area contributed by atoms with Gasteiger partial charge in [-0.3, -0.25) is 0 Å². The van der Waals surface area contributed by atoms with E-state index in [0.29, 0.717) is 0 Å². The third kappa shape index (κ3) is 9.54. The van der Waals surface area contributed by atoms with Crippen LogP contribution in [-0.2, 0) is 16.0 Å². The quantitative estimate of drug-likeness (QED) is 0.486. The monoisotopic (exact) mass is 222 g/mol. The molecule has 0 saturated carbocycles. The van der Waals surface area contributed by atoms with E-state index in [2.05, 4.69) is 16.0 Å². The van der Waals surface area contributed by atoms with E-state index < -0.39 is 0 Å². The van der Waals surface area contributed by atoms with E-state index in [4.69, 9.17) is 5.26 Å². The molecule has 0 aromatic carbocycles. The Bertz CT molecular complexity index is 29.5. The van der Waals surface area contributed by atoms with Gasteiger partial charge in [0.25, 0.3) is 0 Å². The van der Waals surface area contributed by atoms with Gasteiger partial charge in [-0.2, -0.15) is 0 Å². The molecule has 0 amide bonds. The molecule has 0 aromatic heterocycles. The maximum absolute atomic E-state index is 7.21. The van der Waals surface area contributed by atoms with Gasteiger partial charge in [-0.1, -0.05) is 0 Å². The van der Waals surface area contributed by atoms with Gasteiger partial charge in [-0.15, -0.1) is 0 Å². The van der Waals surface area contributed by atoms with Gasteiger partial charge in [0.05, 0.1) is 0 Å². The van der Waals surface area contributed by atoms with E-state index in [1.165, 1.54) is 4.97 Å². The van der Waals surface area contributed by atoms with Crippen LogP contribution >= 0.6 is 0 Å². The zero-order valence-electron chi connectivity index (χ0n) is 1.30. The van der Waals surface area contributed by atoms with Gasteiger partial charge in [0.2, 0.25) is 0 Å². The summed E-state index contributed by atoms with van der Waals surface area (Å²) in [5.74, 6) is 0. The third-order valence-corrected chi connectivity index (χ3v) is 0. The van der Waals surface area contributed by atoms with Gasteiger partial charge in [0.15, 0.2) is 0 Å². The molecule has 0 aliphatic carbocycles. The summed E-state index contributed by atoms with van der Waals surface area (Å²) in [7, 11) is 0. The van der Waals surface area contributed by atoms with Gasteiger partial charge in [-0.25, -0.2) is 0 Å². The van der Waals surface area contributed by atoms with Crippen molar-refractivity contribution in [3.63, 3.8) is 0 Å². The molecule has 21 valence electrons. The Morgan fingerprint density at radius 3 is 1.75 bits per heavy atom. The first kappa shape index (κ1) is 9.13. The van der Waals surface area contributed by atoms with Crippen molar-refractivity contribution in [1.29, 1.82) is 5.26 Å². The van der Waals surface area contributed by atoms with Crippen LogP contribution in [-0.4, -0.2) is 48.9 Å². The number of hydrogen-bond acceptors (Lipinski definition) is 1. The molecule has 0 saturated heterocycles. The van der Waals surface area contributed by atoms with Crippen LogP contribution in [0, 0.1) is 10.2 Å². The second kappa shape index (κ2) is 8.82. The fourth-order valence-electron chi connectivity index (χ4n) is 0. The Balaban J connectivity index is 0. The average molecular weight is 221 g/mol. The van der Waals surface area contributed by atoms with Crippen molar-refractivity contribution in [2.45, 2.75) is 0 Å². The van der Waals surface area contributed by atoms with Crippen molar-refractivity contribution >= 4 is 48.9 Å². The number of rotatable bonds is 0. The predicted molar refractivity (Wildman–Crippen MR) is 14.2 cm³/mol. The van der Waals surface area contributed by atoms with E-state index in [9.17, 15) is 0 Å². The Morgan fingerprint density at radius 1 is 1.75 bits per heavy atom. The Kier molecular flexibility index (Phi) is 20.1. The molecule has 0 radical (unpaired) electrons. The maximum atomic E-state index is 7.21. The van der Waals surface area contributed by atoms with E-state index in [-0.39, 0.29) is 48.9 Å². The first-order valence-corrected chi connectivity index (χ1v) is 0.952. The molecule has 0 heterocycles. The number of nitrogens with zero attached hydrogens (tertiary/aromatic N) is 1. The zero-order chi connectivity index (χ0) is 2.71. The topological polar surface area (TPSA) is 23.8 Å². The molecule has 4 heavy (non-hydrogen) atoms. The SMILES string of the molecule is N#[C][Fe].[BaH2]. The summed E-state index contributed by atoms with van der Waals surface area (Å²) in [6.45, 7) is 0. The molecule has 0 aliphatic rings. The molecule has 0 fully saturated rings. The molecule has 0 rings (SSSR count). The summed E-state index contributed by atoms with van der Waals surface area (Å²) in [5.41, 5.74) is 0. The van der Waals surface area contributed by atoms with Gasteiger partial charge in [0, 0.05) is 0 Å². The van der Waals surface area contributed by atoms with Gasteiger partial charge >= 0.3 is 75.1 Å². The van der Waals surface area contributed by atoms with Gasteiger partial charge in [-0.05, 0) is 0 Å².